The summed E-state index contributed by atoms with van der Waals surface area (Å²) in [4.78, 5) is 28.1. The first-order chi connectivity index (χ1) is 17.9. The quantitative estimate of drug-likeness (QED) is 0.169. The number of anilines is 1. The van der Waals surface area contributed by atoms with Gasteiger partial charge in [0.1, 0.15) is 16.8 Å². The summed E-state index contributed by atoms with van der Waals surface area (Å²) in [6.45, 7) is 1.76. The molecular formula is C28H22N4O4S. The molecule has 1 N–H and O–H groups in total. The van der Waals surface area contributed by atoms with Crippen LogP contribution in [0, 0.1) is 28.4 Å². The lowest BCUT2D eigenvalue weighted by atomic mass is 9.99. The third-order valence-corrected chi connectivity index (χ3v) is 6.59. The number of nitrogens with one attached hydrogen (secondary N) is 1. The number of hydrogen-bond donors (Lipinski definition) is 1. The molecule has 0 fully saturated rings. The molecule has 0 bridgehead atoms. The predicted octanol–water partition coefficient (Wildman–Crippen LogP) is 6.24. The SMILES string of the molecule is COc1ccc(-c2cc(-c3ccccc3)c(C#N)c(SCC(=O)Nc3cc([N+](=O)[O-])ccc3C)n2)cc1. The highest BCUT2D eigenvalue weighted by molar-refractivity contribution is 8.00. The molecular weight excluding hydrogens is 488 g/mol. The number of thioether (sulfide) groups is 1. The lowest BCUT2D eigenvalue weighted by Crippen LogP contribution is -2.15. The van der Waals surface area contributed by atoms with Crippen LogP contribution in [0.15, 0.2) is 83.9 Å². The van der Waals surface area contributed by atoms with E-state index in [2.05, 4.69) is 11.4 Å². The van der Waals surface area contributed by atoms with E-state index in [1.54, 1.807) is 20.1 Å². The summed E-state index contributed by atoms with van der Waals surface area (Å²) >= 11 is 1.14. The fraction of sp³-hybridized carbons (Fsp3) is 0.107. The standard InChI is InChI=1S/C28H22N4O4S/c1-18-8-11-21(32(34)35)14-25(18)30-27(33)17-37-28-24(16-29)23(19-6-4-3-5-7-19)15-26(31-28)20-9-12-22(36-2)13-10-20/h3-15H,17H2,1-2H3,(H,30,33). The maximum atomic E-state index is 12.8. The number of carbonyl (C=O) groups excluding carboxylic acids is 1. The highest BCUT2D eigenvalue weighted by Gasteiger charge is 2.18. The minimum absolute atomic E-state index is 0.0376. The Morgan fingerprint density at radius 1 is 1.08 bits per heavy atom. The van der Waals surface area contributed by atoms with Gasteiger partial charge in [0.25, 0.3) is 5.69 Å². The van der Waals surface area contributed by atoms with Crippen molar-refractivity contribution in [3.05, 3.63) is 100 Å². The number of hydrogen-bond acceptors (Lipinski definition) is 7. The number of non-ortho nitro benzene ring substituents is 1. The van der Waals surface area contributed by atoms with Gasteiger partial charge in [-0.05, 0) is 48.4 Å². The van der Waals surface area contributed by atoms with Gasteiger partial charge in [-0.25, -0.2) is 4.98 Å². The first kappa shape index (κ1) is 25.4. The Morgan fingerprint density at radius 3 is 2.46 bits per heavy atom. The summed E-state index contributed by atoms with van der Waals surface area (Å²) in [5, 5.41) is 24.3. The maximum absolute atomic E-state index is 12.8. The second-order valence-electron chi connectivity index (χ2n) is 8.03. The van der Waals surface area contributed by atoms with E-state index >= 15 is 0 Å². The molecule has 3 aromatic carbocycles. The Morgan fingerprint density at radius 2 is 1.81 bits per heavy atom. The third kappa shape index (κ3) is 5.94. The molecule has 0 radical (unpaired) electrons. The molecule has 0 unspecified atom stereocenters. The van der Waals surface area contributed by atoms with Gasteiger partial charge in [-0.15, -0.1) is 0 Å². The fourth-order valence-corrected chi connectivity index (χ4v) is 4.47. The summed E-state index contributed by atoms with van der Waals surface area (Å²) in [7, 11) is 1.59. The third-order valence-electron chi connectivity index (χ3n) is 5.61. The molecule has 0 atom stereocenters. The number of aryl methyl sites for hydroxylation is 1. The van der Waals surface area contributed by atoms with E-state index < -0.39 is 4.92 Å². The molecule has 0 spiro atoms. The Labute approximate surface area is 218 Å². The number of ether oxygens (including phenoxy) is 1. The lowest BCUT2D eigenvalue weighted by molar-refractivity contribution is -0.384. The van der Waals surface area contributed by atoms with Crippen molar-refractivity contribution in [3.63, 3.8) is 0 Å². The molecule has 184 valence electrons. The van der Waals surface area contributed by atoms with E-state index in [1.807, 2.05) is 60.7 Å². The van der Waals surface area contributed by atoms with Crippen LogP contribution in [0.4, 0.5) is 11.4 Å². The van der Waals surface area contributed by atoms with Crippen molar-refractivity contribution < 1.29 is 14.5 Å². The smallest absolute Gasteiger partial charge is 0.271 e. The molecule has 0 aliphatic carbocycles. The summed E-state index contributed by atoms with van der Waals surface area (Å²) in [6, 6.07) is 25.4. The van der Waals surface area contributed by atoms with Crippen LogP contribution >= 0.6 is 11.8 Å². The number of aromatic nitrogens is 1. The van der Waals surface area contributed by atoms with Crippen molar-refractivity contribution in [1.82, 2.24) is 4.98 Å². The van der Waals surface area contributed by atoms with Gasteiger partial charge in [-0.1, -0.05) is 48.2 Å². The van der Waals surface area contributed by atoms with Crippen LogP contribution in [0.3, 0.4) is 0 Å². The van der Waals surface area contributed by atoms with Crippen molar-refractivity contribution >= 4 is 29.0 Å². The number of methoxy groups -OCH3 is 1. The van der Waals surface area contributed by atoms with Crippen molar-refractivity contribution in [2.24, 2.45) is 0 Å². The summed E-state index contributed by atoms with van der Waals surface area (Å²) in [5.74, 6) is 0.309. The average molecular weight is 511 g/mol. The van der Waals surface area contributed by atoms with Crippen molar-refractivity contribution in [1.29, 1.82) is 5.26 Å². The van der Waals surface area contributed by atoms with Crippen LogP contribution in [0.1, 0.15) is 11.1 Å². The average Bonchev–Trinajstić information content (AvgIpc) is 2.93. The first-order valence-corrected chi connectivity index (χ1v) is 12.2. The normalized spacial score (nSPS) is 10.4. The van der Waals surface area contributed by atoms with E-state index in [4.69, 9.17) is 9.72 Å². The maximum Gasteiger partial charge on any atom is 0.271 e. The molecule has 37 heavy (non-hydrogen) atoms. The Kier molecular flexibility index (Phi) is 7.81. The van der Waals surface area contributed by atoms with Crippen LogP contribution in [-0.2, 0) is 4.79 Å². The predicted molar refractivity (Wildman–Crippen MR) is 144 cm³/mol. The largest absolute Gasteiger partial charge is 0.497 e. The number of amides is 1. The van der Waals surface area contributed by atoms with Gasteiger partial charge in [-0.2, -0.15) is 5.26 Å². The minimum atomic E-state index is -0.511. The number of carbonyl (C=O) groups is 1. The zero-order valence-corrected chi connectivity index (χ0v) is 20.9. The molecule has 9 heteroatoms. The molecule has 1 amide bonds. The van der Waals surface area contributed by atoms with E-state index in [0.717, 1.165) is 22.9 Å². The number of benzene rings is 3. The molecule has 0 saturated carbocycles. The number of nitrogens with zero attached hydrogens (tertiary/aromatic N) is 3. The minimum Gasteiger partial charge on any atom is -0.497 e. The van der Waals surface area contributed by atoms with Crippen molar-refractivity contribution in [2.45, 2.75) is 11.9 Å². The number of nitriles is 1. The number of rotatable bonds is 8. The van der Waals surface area contributed by atoms with Crippen LogP contribution in [0.5, 0.6) is 5.75 Å². The molecule has 0 saturated heterocycles. The molecule has 4 aromatic rings. The van der Waals surface area contributed by atoms with Crippen LogP contribution < -0.4 is 10.1 Å². The van der Waals surface area contributed by atoms with Crippen LogP contribution in [0.2, 0.25) is 0 Å². The van der Waals surface area contributed by atoms with Gasteiger partial charge in [0.15, 0.2) is 0 Å². The lowest BCUT2D eigenvalue weighted by Gasteiger charge is -2.13. The highest BCUT2D eigenvalue weighted by atomic mass is 32.2. The van der Waals surface area contributed by atoms with Crippen molar-refractivity contribution in [3.8, 4) is 34.2 Å². The molecule has 4 rings (SSSR count). The van der Waals surface area contributed by atoms with Gasteiger partial charge in [0.2, 0.25) is 5.91 Å². The zero-order valence-electron chi connectivity index (χ0n) is 20.1. The van der Waals surface area contributed by atoms with Crippen LogP contribution in [0.25, 0.3) is 22.4 Å². The highest BCUT2D eigenvalue weighted by Crippen LogP contribution is 2.34. The topological polar surface area (TPSA) is 118 Å². The molecule has 1 heterocycles. The first-order valence-electron chi connectivity index (χ1n) is 11.2. The van der Waals surface area contributed by atoms with Gasteiger partial charge < -0.3 is 10.1 Å². The van der Waals surface area contributed by atoms with Crippen LogP contribution in [-0.4, -0.2) is 28.7 Å². The van der Waals surface area contributed by atoms with Gasteiger partial charge in [0.05, 0.1) is 34.7 Å². The summed E-state index contributed by atoms with van der Waals surface area (Å²) < 4.78 is 5.25. The monoisotopic (exact) mass is 510 g/mol. The Balaban J connectivity index is 1.66. The van der Waals surface area contributed by atoms with E-state index in [9.17, 15) is 20.2 Å². The number of nitro benzene ring substituents is 1. The van der Waals surface area contributed by atoms with Gasteiger partial charge >= 0.3 is 0 Å². The van der Waals surface area contributed by atoms with Crippen molar-refractivity contribution in [2.75, 3.05) is 18.2 Å². The van der Waals surface area contributed by atoms with E-state index in [0.29, 0.717) is 38.8 Å². The van der Waals surface area contributed by atoms with E-state index in [-0.39, 0.29) is 17.3 Å². The summed E-state index contributed by atoms with van der Waals surface area (Å²) in [5.41, 5.74) is 4.38. The Hall–Kier alpha value is -4.68. The fourth-order valence-electron chi connectivity index (χ4n) is 3.67. The molecule has 8 nitrogen and oxygen atoms in total. The second-order valence-corrected chi connectivity index (χ2v) is 9.00. The molecule has 0 aliphatic heterocycles. The second kappa shape index (κ2) is 11.4. The Bertz CT molecular complexity index is 1500. The van der Waals surface area contributed by atoms with Gasteiger partial charge in [-0.3, -0.25) is 14.9 Å². The molecule has 0 aliphatic rings. The van der Waals surface area contributed by atoms with E-state index in [1.165, 1.54) is 12.1 Å². The summed E-state index contributed by atoms with van der Waals surface area (Å²) in [6.07, 6.45) is 0. The molecule has 1 aromatic heterocycles. The zero-order chi connectivity index (χ0) is 26.4. The van der Waals surface area contributed by atoms with Gasteiger partial charge in [0, 0.05) is 23.3 Å². The number of nitro groups is 1. The number of pyridine rings is 1.